The fourth-order valence-electron chi connectivity index (χ4n) is 2.46. The number of carbonyl (C=O) groups is 1. The molecule has 0 aliphatic heterocycles. The molecule has 0 radical (unpaired) electrons. The lowest BCUT2D eigenvalue weighted by Gasteiger charge is -2.16. The highest BCUT2D eigenvalue weighted by molar-refractivity contribution is 6.32. The van der Waals surface area contributed by atoms with E-state index in [0.29, 0.717) is 0 Å². The van der Waals surface area contributed by atoms with Crippen molar-refractivity contribution in [1.29, 1.82) is 0 Å². The molecular formula is C17H16ClNO9. The van der Waals surface area contributed by atoms with E-state index in [1.54, 1.807) is 0 Å². The van der Waals surface area contributed by atoms with E-state index in [4.69, 9.17) is 30.5 Å². The number of methoxy groups -OCH3 is 3. The topological polar surface area (TPSA) is 138 Å². The summed E-state index contributed by atoms with van der Waals surface area (Å²) in [6.45, 7) is -0.499. The van der Waals surface area contributed by atoms with E-state index in [1.807, 2.05) is 0 Å². The maximum Gasteiger partial charge on any atom is 0.342 e. The smallest absolute Gasteiger partial charge is 0.342 e. The highest BCUT2D eigenvalue weighted by Gasteiger charge is 2.28. The molecule has 0 amide bonds. The van der Waals surface area contributed by atoms with Gasteiger partial charge in [0.05, 0.1) is 42.9 Å². The van der Waals surface area contributed by atoms with Crippen molar-refractivity contribution in [2.75, 3.05) is 21.3 Å². The summed E-state index contributed by atoms with van der Waals surface area (Å²) in [6.07, 6.45) is 0. The lowest BCUT2D eigenvalue weighted by atomic mass is 10.1. The number of hydrogen-bond donors (Lipinski definition) is 2. The van der Waals surface area contributed by atoms with Crippen LogP contribution >= 0.6 is 11.6 Å². The summed E-state index contributed by atoms with van der Waals surface area (Å²) in [5.41, 5.74) is -0.673. The summed E-state index contributed by atoms with van der Waals surface area (Å²) in [4.78, 5) is 22.9. The Balaban J connectivity index is 2.45. The number of ether oxygens (including phenoxy) is 4. The van der Waals surface area contributed by atoms with Crippen molar-refractivity contribution in [2.24, 2.45) is 0 Å². The van der Waals surface area contributed by atoms with Gasteiger partial charge in [-0.2, -0.15) is 0 Å². The summed E-state index contributed by atoms with van der Waals surface area (Å²) in [5.74, 6) is -2.02. The van der Waals surface area contributed by atoms with Crippen molar-refractivity contribution in [3.05, 3.63) is 44.5 Å². The van der Waals surface area contributed by atoms with Crippen LogP contribution < -0.4 is 14.2 Å². The molecule has 150 valence electrons. The molecule has 2 N–H and O–H groups in total. The molecule has 0 heterocycles. The molecule has 0 unspecified atom stereocenters. The molecule has 0 aromatic heterocycles. The molecule has 0 spiro atoms. The van der Waals surface area contributed by atoms with Gasteiger partial charge in [0.2, 0.25) is 5.75 Å². The highest BCUT2D eigenvalue weighted by Crippen LogP contribution is 2.44. The largest absolute Gasteiger partial charge is 0.507 e. The summed E-state index contributed by atoms with van der Waals surface area (Å²) < 4.78 is 20.6. The number of phenolic OH excluding ortho intramolecular Hbond substituents is 2. The van der Waals surface area contributed by atoms with Crippen molar-refractivity contribution in [3.63, 3.8) is 0 Å². The van der Waals surface area contributed by atoms with E-state index in [0.717, 1.165) is 18.2 Å². The van der Waals surface area contributed by atoms with E-state index in [1.165, 1.54) is 21.3 Å². The van der Waals surface area contributed by atoms with E-state index in [-0.39, 0.29) is 33.4 Å². The Hall–Kier alpha value is -3.40. The maximum atomic E-state index is 12.3. The summed E-state index contributed by atoms with van der Waals surface area (Å²) in [6, 6.07) is 3.03. The maximum absolute atomic E-state index is 12.3. The fourth-order valence-corrected chi connectivity index (χ4v) is 2.63. The van der Waals surface area contributed by atoms with Gasteiger partial charge in [0, 0.05) is 6.07 Å². The number of rotatable bonds is 7. The van der Waals surface area contributed by atoms with Crippen molar-refractivity contribution >= 4 is 23.3 Å². The Bertz CT molecular complexity index is 930. The van der Waals surface area contributed by atoms with E-state index in [9.17, 15) is 25.1 Å². The summed E-state index contributed by atoms with van der Waals surface area (Å²) >= 11 is 5.74. The van der Waals surface area contributed by atoms with Gasteiger partial charge in [0.25, 0.3) is 0 Å². The average molecular weight is 414 g/mol. The van der Waals surface area contributed by atoms with Gasteiger partial charge in [0.15, 0.2) is 11.5 Å². The van der Waals surface area contributed by atoms with Crippen LogP contribution in [0.1, 0.15) is 15.9 Å². The molecule has 10 nitrogen and oxygen atoms in total. The predicted molar refractivity (Wildman–Crippen MR) is 96.7 cm³/mol. The molecule has 2 rings (SSSR count). The van der Waals surface area contributed by atoms with Gasteiger partial charge in [-0.15, -0.1) is 0 Å². The first kappa shape index (κ1) is 20.9. The number of halogens is 1. The molecule has 28 heavy (non-hydrogen) atoms. The first-order valence-electron chi connectivity index (χ1n) is 7.59. The molecule has 2 aromatic carbocycles. The van der Waals surface area contributed by atoms with Crippen molar-refractivity contribution < 1.29 is 38.9 Å². The monoisotopic (exact) mass is 413 g/mol. The third kappa shape index (κ3) is 3.96. The zero-order chi connectivity index (χ0) is 21.0. The Kier molecular flexibility index (Phi) is 6.37. The molecule has 2 aromatic rings. The number of esters is 1. The third-order valence-corrected chi connectivity index (χ3v) is 4.03. The van der Waals surface area contributed by atoms with Crippen LogP contribution in [0.15, 0.2) is 18.2 Å². The molecule has 0 bridgehead atoms. The Labute approximate surface area is 163 Å². The Morgan fingerprint density at radius 3 is 2.25 bits per heavy atom. The van der Waals surface area contributed by atoms with Crippen LogP contribution in [0, 0.1) is 10.1 Å². The van der Waals surface area contributed by atoms with E-state index >= 15 is 0 Å². The van der Waals surface area contributed by atoms with Gasteiger partial charge >= 0.3 is 11.7 Å². The van der Waals surface area contributed by atoms with Gasteiger partial charge in [-0.25, -0.2) is 4.79 Å². The minimum atomic E-state index is -0.992. The zero-order valence-electron chi connectivity index (χ0n) is 15.0. The second-order valence-electron chi connectivity index (χ2n) is 5.30. The molecule has 0 atom stereocenters. The fraction of sp³-hybridized carbons (Fsp3) is 0.235. The minimum Gasteiger partial charge on any atom is -0.507 e. The van der Waals surface area contributed by atoms with Crippen LogP contribution in [0.2, 0.25) is 5.02 Å². The van der Waals surface area contributed by atoms with Gasteiger partial charge in [-0.1, -0.05) is 11.6 Å². The van der Waals surface area contributed by atoms with Gasteiger partial charge < -0.3 is 29.2 Å². The molecule has 0 fully saturated rings. The third-order valence-electron chi connectivity index (χ3n) is 3.73. The van der Waals surface area contributed by atoms with Crippen LogP contribution in [0.3, 0.4) is 0 Å². The van der Waals surface area contributed by atoms with Gasteiger partial charge in [-0.05, 0) is 6.07 Å². The zero-order valence-corrected chi connectivity index (χ0v) is 15.8. The van der Waals surface area contributed by atoms with E-state index in [2.05, 4.69) is 0 Å². The molecule has 0 aliphatic rings. The van der Waals surface area contributed by atoms with Crippen LogP contribution in [0.5, 0.6) is 28.7 Å². The molecule has 11 heteroatoms. The number of nitro groups is 1. The van der Waals surface area contributed by atoms with Gasteiger partial charge in [-0.3, -0.25) is 10.1 Å². The SMILES string of the molecule is COc1cc([N+](=O)[O-])c(OC)c(COC(=O)c2cc(Cl)c(O)cc2O)c1OC. The standard InChI is InChI=1S/C17H16ClNO9/c1-25-14-5-11(19(23)24)15(26-2)9(16(14)27-3)7-28-17(22)8-4-10(18)13(21)6-12(8)20/h4-6,20-21H,7H2,1-3H3. The first-order chi connectivity index (χ1) is 13.2. The average Bonchev–Trinajstić information content (AvgIpc) is 2.67. The number of aromatic hydroxyl groups is 2. The van der Waals surface area contributed by atoms with Crippen LogP contribution in [0.25, 0.3) is 0 Å². The number of nitrogens with zero attached hydrogens (tertiary/aromatic N) is 1. The van der Waals surface area contributed by atoms with Crippen molar-refractivity contribution in [2.45, 2.75) is 6.61 Å². The van der Waals surface area contributed by atoms with Crippen LogP contribution in [0.4, 0.5) is 5.69 Å². The quantitative estimate of drug-likeness (QED) is 0.398. The lowest BCUT2D eigenvalue weighted by Crippen LogP contribution is -2.09. The summed E-state index contributed by atoms with van der Waals surface area (Å²) in [5, 5.41) is 30.4. The van der Waals surface area contributed by atoms with E-state index < -0.39 is 34.7 Å². The molecule has 0 saturated heterocycles. The van der Waals surface area contributed by atoms with Crippen molar-refractivity contribution in [3.8, 4) is 28.7 Å². The number of phenols is 2. The van der Waals surface area contributed by atoms with Crippen LogP contribution in [-0.2, 0) is 11.3 Å². The number of carbonyl (C=O) groups excluding carboxylic acids is 1. The Morgan fingerprint density at radius 1 is 1.07 bits per heavy atom. The first-order valence-corrected chi connectivity index (χ1v) is 7.97. The predicted octanol–water partition coefficient (Wildman–Crippen LogP) is 3.04. The number of nitro benzene ring substituents is 1. The molecule has 0 saturated carbocycles. The van der Waals surface area contributed by atoms with Crippen LogP contribution in [-0.4, -0.2) is 42.4 Å². The lowest BCUT2D eigenvalue weighted by molar-refractivity contribution is -0.385. The second-order valence-corrected chi connectivity index (χ2v) is 5.70. The number of hydrogen-bond acceptors (Lipinski definition) is 9. The van der Waals surface area contributed by atoms with Crippen molar-refractivity contribution in [1.82, 2.24) is 0 Å². The minimum absolute atomic E-state index is 0.0385. The number of benzene rings is 2. The normalized spacial score (nSPS) is 10.3. The second kappa shape index (κ2) is 8.53. The highest BCUT2D eigenvalue weighted by atomic mass is 35.5. The van der Waals surface area contributed by atoms with Gasteiger partial charge in [0.1, 0.15) is 23.7 Å². The Morgan fingerprint density at radius 2 is 1.71 bits per heavy atom. The molecular weight excluding hydrogens is 398 g/mol. The molecule has 0 aliphatic carbocycles. The summed E-state index contributed by atoms with van der Waals surface area (Å²) in [7, 11) is 3.81.